The third-order valence-corrected chi connectivity index (χ3v) is 6.90. The summed E-state index contributed by atoms with van der Waals surface area (Å²) in [5.74, 6) is 2.03. The zero-order valence-corrected chi connectivity index (χ0v) is 19.1. The van der Waals surface area contributed by atoms with Crippen LogP contribution in [0.1, 0.15) is 29.5 Å². The third kappa shape index (κ3) is 7.21. The van der Waals surface area contributed by atoms with Gasteiger partial charge in [-0.1, -0.05) is 59.1 Å². The maximum absolute atomic E-state index is 12.5. The lowest BCUT2D eigenvalue weighted by molar-refractivity contribution is -0.126. The molecule has 2 aromatic rings. The van der Waals surface area contributed by atoms with Crippen molar-refractivity contribution in [2.45, 2.75) is 32.1 Å². The molecule has 1 aliphatic heterocycles. The molecule has 0 spiro atoms. The second-order valence-electron chi connectivity index (χ2n) is 7.62. The minimum atomic E-state index is 0.139. The molecule has 2 aromatic carbocycles. The molecule has 1 saturated heterocycles. The molecule has 1 amide bonds. The number of hydrogen-bond donors (Lipinski definition) is 1. The molecule has 0 bridgehead atoms. The fraction of sp³-hybridized carbons (Fsp3) is 0.435. The van der Waals surface area contributed by atoms with Crippen LogP contribution in [0, 0.1) is 12.8 Å². The topological polar surface area (TPSA) is 32.3 Å². The Labute approximate surface area is 188 Å². The predicted octanol–water partition coefficient (Wildman–Crippen LogP) is 5.56. The second-order valence-corrected chi connectivity index (χ2v) is 9.56. The molecule has 29 heavy (non-hydrogen) atoms. The van der Waals surface area contributed by atoms with Crippen molar-refractivity contribution in [2.75, 3.05) is 25.4 Å². The standard InChI is InChI=1S/C23H28Cl2N2OS/c1-17-2-4-18(5-3-17)15-27-11-8-19(9-12-27)23(28)26-10-13-29-16-20-6-7-21(24)14-22(20)25/h2-7,14,19H,8-13,15-16H2,1H3,(H,26,28). The number of piperidine rings is 1. The number of nitrogens with zero attached hydrogens (tertiary/aromatic N) is 1. The average molecular weight is 451 g/mol. The van der Waals surface area contributed by atoms with Crippen molar-refractivity contribution in [3.63, 3.8) is 0 Å². The summed E-state index contributed by atoms with van der Waals surface area (Å²) >= 11 is 13.9. The average Bonchev–Trinajstić information content (AvgIpc) is 2.71. The van der Waals surface area contributed by atoms with E-state index >= 15 is 0 Å². The van der Waals surface area contributed by atoms with Crippen LogP contribution in [0.4, 0.5) is 0 Å². The molecule has 0 atom stereocenters. The number of halogens is 2. The van der Waals surface area contributed by atoms with Gasteiger partial charge >= 0.3 is 0 Å². The number of aryl methyl sites for hydroxylation is 1. The summed E-state index contributed by atoms with van der Waals surface area (Å²) in [6.45, 7) is 5.74. The molecule has 3 rings (SSSR count). The maximum atomic E-state index is 12.5. The van der Waals surface area contributed by atoms with Crippen molar-refractivity contribution < 1.29 is 4.79 Å². The van der Waals surface area contributed by atoms with E-state index in [4.69, 9.17) is 23.2 Å². The minimum absolute atomic E-state index is 0.139. The Hall–Kier alpha value is -1.20. The molecule has 0 radical (unpaired) electrons. The van der Waals surface area contributed by atoms with Crippen LogP contribution in [0.3, 0.4) is 0 Å². The van der Waals surface area contributed by atoms with Crippen LogP contribution >= 0.6 is 35.0 Å². The molecular weight excluding hydrogens is 423 g/mol. The van der Waals surface area contributed by atoms with Crippen LogP contribution in [-0.4, -0.2) is 36.2 Å². The first-order valence-corrected chi connectivity index (χ1v) is 12.0. The Morgan fingerprint density at radius 3 is 2.55 bits per heavy atom. The molecule has 1 aliphatic rings. The summed E-state index contributed by atoms with van der Waals surface area (Å²) in [6.07, 6.45) is 1.87. The summed E-state index contributed by atoms with van der Waals surface area (Å²) in [5.41, 5.74) is 3.71. The molecule has 0 aliphatic carbocycles. The highest BCUT2D eigenvalue weighted by atomic mass is 35.5. The monoisotopic (exact) mass is 450 g/mol. The Morgan fingerprint density at radius 2 is 1.86 bits per heavy atom. The van der Waals surface area contributed by atoms with Crippen molar-refractivity contribution in [1.82, 2.24) is 10.2 Å². The van der Waals surface area contributed by atoms with Gasteiger partial charge in [0.05, 0.1) is 0 Å². The Balaban J connectivity index is 1.31. The number of nitrogens with one attached hydrogen (secondary N) is 1. The van der Waals surface area contributed by atoms with Crippen LogP contribution in [0.5, 0.6) is 0 Å². The number of amides is 1. The van der Waals surface area contributed by atoms with Crippen molar-refractivity contribution in [3.05, 3.63) is 69.2 Å². The number of benzene rings is 2. The van der Waals surface area contributed by atoms with E-state index in [0.717, 1.165) is 49.5 Å². The predicted molar refractivity (Wildman–Crippen MR) is 125 cm³/mol. The molecule has 1 fully saturated rings. The van der Waals surface area contributed by atoms with E-state index in [2.05, 4.69) is 41.4 Å². The SMILES string of the molecule is Cc1ccc(CN2CCC(C(=O)NCCSCc3ccc(Cl)cc3Cl)CC2)cc1. The van der Waals surface area contributed by atoms with E-state index in [9.17, 15) is 4.79 Å². The lowest BCUT2D eigenvalue weighted by Gasteiger charge is -2.31. The van der Waals surface area contributed by atoms with Gasteiger partial charge in [-0.3, -0.25) is 9.69 Å². The quantitative estimate of drug-likeness (QED) is 0.533. The maximum Gasteiger partial charge on any atom is 0.223 e. The van der Waals surface area contributed by atoms with Gasteiger partial charge in [0.15, 0.2) is 0 Å². The highest BCUT2D eigenvalue weighted by Gasteiger charge is 2.24. The summed E-state index contributed by atoms with van der Waals surface area (Å²) in [5, 5.41) is 4.45. The number of hydrogen-bond acceptors (Lipinski definition) is 3. The van der Waals surface area contributed by atoms with Gasteiger partial charge in [0.1, 0.15) is 0 Å². The van der Waals surface area contributed by atoms with Gasteiger partial charge in [0.25, 0.3) is 0 Å². The summed E-state index contributed by atoms with van der Waals surface area (Å²) in [6, 6.07) is 14.3. The lowest BCUT2D eigenvalue weighted by atomic mass is 9.95. The first-order chi connectivity index (χ1) is 14.0. The molecule has 0 unspecified atom stereocenters. The van der Waals surface area contributed by atoms with Crippen LogP contribution in [-0.2, 0) is 17.1 Å². The largest absolute Gasteiger partial charge is 0.355 e. The molecule has 1 heterocycles. The van der Waals surface area contributed by atoms with E-state index in [-0.39, 0.29) is 11.8 Å². The van der Waals surface area contributed by atoms with Gasteiger partial charge in [-0.2, -0.15) is 11.8 Å². The van der Waals surface area contributed by atoms with Crippen LogP contribution in [0.2, 0.25) is 10.0 Å². The van der Waals surface area contributed by atoms with Crippen molar-refractivity contribution in [3.8, 4) is 0 Å². The molecule has 6 heteroatoms. The highest BCUT2D eigenvalue weighted by molar-refractivity contribution is 7.98. The van der Waals surface area contributed by atoms with Gasteiger partial charge in [0, 0.05) is 40.6 Å². The summed E-state index contributed by atoms with van der Waals surface area (Å²) in [4.78, 5) is 14.9. The smallest absolute Gasteiger partial charge is 0.223 e. The molecule has 0 saturated carbocycles. The highest BCUT2D eigenvalue weighted by Crippen LogP contribution is 2.24. The molecule has 3 nitrogen and oxygen atoms in total. The Morgan fingerprint density at radius 1 is 1.14 bits per heavy atom. The second kappa shape index (κ2) is 11.3. The first kappa shape index (κ1) is 22.5. The van der Waals surface area contributed by atoms with Crippen molar-refractivity contribution in [2.24, 2.45) is 5.92 Å². The number of thioether (sulfide) groups is 1. The van der Waals surface area contributed by atoms with Gasteiger partial charge in [-0.25, -0.2) is 0 Å². The van der Waals surface area contributed by atoms with Crippen LogP contribution in [0.25, 0.3) is 0 Å². The fourth-order valence-electron chi connectivity index (χ4n) is 3.52. The number of rotatable bonds is 8. The van der Waals surface area contributed by atoms with Crippen LogP contribution in [0.15, 0.2) is 42.5 Å². The van der Waals surface area contributed by atoms with E-state index in [0.29, 0.717) is 16.6 Å². The van der Waals surface area contributed by atoms with Crippen molar-refractivity contribution in [1.29, 1.82) is 0 Å². The van der Waals surface area contributed by atoms with Gasteiger partial charge in [0.2, 0.25) is 5.91 Å². The zero-order valence-electron chi connectivity index (χ0n) is 16.8. The molecule has 0 aromatic heterocycles. The van der Waals surface area contributed by atoms with Gasteiger partial charge in [-0.15, -0.1) is 0 Å². The molecular formula is C23H28Cl2N2OS. The van der Waals surface area contributed by atoms with Gasteiger partial charge in [-0.05, 0) is 56.1 Å². The fourth-order valence-corrected chi connectivity index (χ4v) is 4.93. The zero-order chi connectivity index (χ0) is 20.6. The number of carbonyl (C=O) groups excluding carboxylic acids is 1. The first-order valence-electron chi connectivity index (χ1n) is 10.1. The van der Waals surface area contributed by atoms with Crippen LogP contribution < -0.4 is 5.32 Å². The van der Waals surface area contributed by atoms with Gasteiger partial charge < -0.3 is 5.32 Å². The molecule has 1 N–H and O–H groups in total. The summed E-state index contributed by atoms with van der Waals surface area (Å²) in [7, 11) is 0. The lowest BCUT2D eigenvalue weighted by Crippen LogP contribution is -2.40. The van der Waals surface area contributed by atoms with E-state index < -0.39 is 0 Å². The molecule has 156 valence electrons. The van der Waals surface area contributed by atoms with E-state index in [1.165, 1.54) is 11.1 Å². The number of likely N-dealkylation sites (tertiary alicyclic amines) is 1. The Bertz CT molecular complexity index is 805. The summed E-state index contributed by atoms with van der Waals surface area (Å²) < 4.78 is 0. The van der Waals surface area contributed by atoms with Crippen molar-refractivity contribution >= 4 is 40.9 Å². The van der Waals surface area contributed by atoms with E-state index in [1.54, 1.807) is 17.8 Å². The number of carbonyl (C=O) groups is 1. The minimum Gasteiger partial charge on any atom is -0.355 e. The Kier molecular flexibility index (Phi) is 8.73. The normalized spacial score (nSPS) is 15.4. The third-order valence-electron chi connectivity index (χ3n) is 5.30. The van der Waals surface area contributed by atoms with E-state index in [1.807, 2.05) is 12.1 Å².